The Morgan fingerprint density at radius 2 is 2.00 bits per heavy atom. The van der Waals surface area contributed by atoms with Crippen LogP contribution >= 0.6 is 11.8 Å². The summed E-state index contributed by atoms with van der Waals surface area (Å²) in [6, 6.07) is 4.34. The molecular weight excluding hydrogens is 211 g/mol. The molecule has 0 aliphatic carbocycles. The molecule has 0 aromatic heterocycles. The summed E-state index contributed by atoms with van der Waals surface area (Å²) >= 11 is 1.61. The number of halogens is 1. The van der Waals surface area contributed by atoms with E-state index in [1.54, 1.807) is 17.8 Å². The van der Waals surface area contributed by atoms with Crippen molar-refractivity contribution >= 4 is 18.0 Å². The molecule has 0 radical (unpaired) electrons. The molecule has 0 N–H and O–H groups in total. The van der Waals surface area contributed by atoms with Gasteiger partial charge in [-0.3, -0.25) is 4.79 Å². The Hall–Kier alpha value is -0.830. The molecular formula is C12H15FOS. The second kappa shape index (κ2) is 5.31. The van der Waals surface area contributed by atoms with Gasteiger partial charge in [0.15, 0.2) is 6.29 Å². The highest BCUT2D eigenvalue weighted by molar-refractivity contribution is 8.00. The van der Waals surface area contributed by atoms with Crippen molar-refractivity contribution in [3.8, 4) is 0 Å². The summed E-state index contributed by atoms with van der Waals surface area (Å²) in [5.41, 5.74) is 0.438. The largest absolute Gasteiger partial charge is 0.298 e. The van der Waals surface area contributed by atoms with Crippen LogP contribution in [0.5, 0.6) is 0 Å². The van der Waals surface area contributed by atoms with E-state index in [2.05, 4.69) is 20.8 Å². The molecule has 0 fully saturated rings. The molecule has 15 heavy (non-hydrogen) atoms. The summed E-state index contributed by atoms with van der Waals surface area (Å²) in [6.07, 6.45) is 0.707. The van der Waals surface area contributed by atoms with E-state index in [0.29, 0.717) is 23.0 Å². The molecule has 0 saturated carbocycles. The number of benzene rings is 1. The fourth-order valence-electron chi connectivity index (χ4n) is 1.06. The normalized spacial score (nSPS) is 12.9. The molecule has 1 aromatic rings. The van der Waals surface area contributed by atoms with E-state index >= 15 is 0 Å². The summed E-state index contributed by atoms with van der Waals surface area (Å²) in [5, 5.41) is 0.411. The van der Waals surface area contributed by atoms with E-state index in [9.17, 15) is 9.18 Å². The maximum atomic E-state index is 12.9. The van der Waals surface area contributed by atoms with E-state index < -0.39 is 0 Å². The van der Waals surface area contributed by atoms with Gasteiger partial charge in [0.2, 0.25) is 0 Å². The predicted octanol–water partition coefficient (Wildman–Crippen LogP) is 3.77. The maximum Gasteiger partial charge on any atom is 0.151 e. The first-order valence-electron chi connectivity index (χ1n) is 4.96. The predicted molar refractivity (Wildman–Crippen MR) is 61.9 cm³/mol. The minimum Gasteiger partial charge on any atom is -0.298 e. The minimum atomic E-state index is -0.362. The lowest BCUT2D eigenvalue weighted by molar-refractivity contribution is 0.112. The summed E-state index contributed by atoms with van der Waals surface area (Å²) in [4.78, 5) is 11.6. The summed E-state index contributed by atoms with van der Waals surface area (Å²) < 4.78 is 12.9. The number of thioether (sulfide) groups is 1. The van der Waals surface area contributed by atoms with E-state index in [-0.39, 0.29) is 5.82 Å². The maximum absolute atomic E-state index is 12.9. The topological polar surface area (TPSA) is 17.1 Å². The quantitative estimate of drug-likeness (QED) is 0.574. The smallest absolute Gasteiger partial charge is 0.151 e. The van der Waals surface area contributed by atoms with Crippen LogP contribution in [0.4, 0.5) is 4.39 Å². The van der Waals surface area contributed by atoms with E-state index in [0.717, 1.165) is 4.90 Å². The van der Waals surface area contributed by atoms with Gasteiger partial charge in [-0.15, -0.1) is 11.8 Å². The Labute approximate surface area is 94.1 Å². The standard InChI is InChI=1S/C12H15FOS/c1-8(2)9(3)15-12-5-4-11(13)6-10(12)7-14/h4-9H,1-3H3. The minimum absolute atomic E-state index is 0.362. The van der Waals surface area contributed by atoms with Crippen LogP contribution in [0.15, 0.2) is 23.1 Å². The van der Waals surface area contributed by atoms with E-state index in [1.807, 2.05) is 0 Å². The van der Waals surface area contributed by atoms with Crippen LogP contribution in [0.3, 0.4) is 0 Å². The first kappa shape index (κ1) is 12.2. The van der Waals surface area contributed by atoms with Crippen molar-refractivity contribution in [3.63, 3.8) is 0 Å². The summed E-state index contributed by atoms with van der Waals surface area (Å²) in [6.45, 7) is 6.36. The summed E-state index contributed by atoms with van der Waals surface area (Å²) in [7, 11) is 0. The van der Waals surface area contributed by atoms with Crippen LogP contribution in [-0.2, 0) is 0 Å². The third kappa shape index (κ3) is 3.34. The molecule has 0 amide bonds. The van der Waals surface area contributed by atoms with Gasteiger partial charge in [-0.1, -0.05) is 20.8 Å². The average molecular weight is 226 g/mol. The van der Waals surface area contributed by atoms with Crippen molar-refractivity contribution in [3.05, 3.63) is 29.6 Å². The lowest BCUT2D eigenvalue weighted by Gasteiger charge is -2.15. The molecule has 0 bridgehead atoms. The first-order valence-corrected chi connectivity index (χ1v) is 5.84. The van der Waals surface area contributed by atoms with Gasteiger partial charge in [0.25, 0.3) is 0 Å². The van der Waals surface area contributed by atoms with Crippen molar-refractivity contribution in [1.82, 2.24) is 0 Å². The monoisotopic (exact) mass is 226 g/mol. The molecule has 3 heteroatoms. The molecule has 1 aromatic carbocycles. The Bertz CT molecular complexity index is 349. The zero-order valence-corrected chi connectivity index (χ0v) is 9.98. The second-order valence-electron chi connectivity index (χ2n) is 3.87. The molecule has 0 heterocycles. The van der Waals surface area contributed by atoms with E-state index in [1.165, 1.54) is 12.1 Å². The van der Waals surface area contributed by atoms with Gasteiger partial charge in [0.05, 0.1) is 0 Å². The Balaban J connectivity index is 2.89. The summed E-state index contributed by atoms with van der Waals surface area (Å²) in [5.74, 6) is 0.165. The number of hydrogen-bond donors (Lipinski definition) is 0. The van der Waals surface area contributed by atoms with Gasteiger partial charge in [-0.25, -0.2) is 4.39 Å². The van der Waals surface area contributed by atoms with Gasteiger partial charge < -0.3 is 0 Å². The van der Waals surface area contributed by atoms with Crippen molar-refractivity contribution in [1.29, 1.82) is 0 Å². The number of carbonyl (C=O) groups is 1. The number of rotatable bonds is 4. The van der Waals surface area contributed by atoms with Crippen molar-refractivity contribution in [2.75, 3.05) is 0 Å². The van der Waals surface area contributed by atoms with Gasteiger partial charge in [-0.05, 0) is 24.1 Å². The van der Waals surface area contributed by atoms with Crippen LogP contribution in [-0.4, -0.2) is 11.5 Å². The zero-order valence-electron chi connectivity index (χ0n) is 9.16. The number of aldehydes is 1. The Kier molecular flexibility index (Phi) is 4.33. The molecule has 0 aliphatic heterocycles. The lowest BCUT2D eigenvalue weighted by atomic mass is 10.2. The van der Waals surface area contributed by atoms with Crippen LogP contribution in [0.1, 0.15) is 31.1 Å². The highest BCUT2D eigenvalue weighted by atomic mass is 32.2. The molecule has 0 saturated heterocycles. The van der Waals surface area contributed by atoms with Crippen molar-refractivity contribution in [2.45, 2.75) is 30.9 Å². The molecule has 82 valence electrons. The van der Waals surface area contributed by atoms with Gasteiger partial charge in [-0.2, -0.15) is 0 Å². The van der Waals surface area contributed by atoms with Gasteiger partial charge in [0, 0.05) is 15.7 Å². The Morgan fingerprint density at radius 3 is 2.53 bits per heavy atom. The van der Waals surface area contributed by atoms with E-state index in [4.69, 9.17) is 0 Å². The number of carbonyl (C=O) groups excluding carboxylic acids is 1. The SMILES string of the molecule is CC(C)C(C)Sc1ccc(F)cc1C=O. The molecule has 0 aliphatic rings. The van der Waals surface area contributed by atoms with Gasteiger partial charge >= 0.3 is 0 Å². The molecule has 0 spiro atoms. The van der Waals surface area contributed by atoms with Crippen LogP contribution in [0.2, 0.25) is 0 Å². The molecule has 1 atom stereocenters. The second-order valence-corrected chi connectivity index (χ2v) is 5.29. The fourth-order valence-corrected chi connectivity index (χ4v) is 2.12. The van der Waals surface area contributed by atoms with Crippen LogP contribution in [0.25, 0.3) is 0 Å². The van der Waals surface area contributed by atoms with Crippen molar-refractivity contribution in [2.24, 2.45) is 5.92 Å². The van der Waals surface area contributed by atoms with Crippen LogP contribution < -0.4 is 0 Å². The fraction of sp³-hybridized carbons (Fsp3) is 0.417. The lowest BCUT2D eigenvalue weighted by Crippen LogP contribution is -2.06. The Morgan fingerprint density at radius 1 is 1.33 bits per heavy atom. The molecule has 1 unspecified atom stereocenters. The zero-order chi connectivity index (χ0) is 11.4. The number of hydrogen-bond acceptors (Lipinski definition) is 2. The third-order valence-corrected chi connectivity index (χ3v) is 3.89. The molecule has 1 rings (SSSR count). The highest BCUT2D eigenvalue weighted by Gasteiger charge is 2.11. The third-order valence-electron chi connectivity index (χ3n) is 2.35. The van der Waals surface area contributed by atoms with Crippen molar-refractivity contribution < 1.29 is 9.18 Å². The average Bonchev–Trinajstić information content (AvgIpc) is 2.20. The van der Waals surface area contributed by atoms with Gasteiger partial charge in [0.1, 0.15) is 5.82 Å². The highest BCUT2D eigenvalue weighted by Crippen LogP contribution is 2.30. The first-order chi connectivity index (χ1) is 7.04. The molecule has 1 nitrogen and oxygen atoms in total. The van der Waals surface area contributed by atoms with Crippen LogP contribution in [0, 0.1) is 11.7 Å².